The zero-order valence-electron chi connectivity index (χ0n) is 11.8. The van der Waals surface area contributed by atoms with Crippen LogP contribution in [-0.4, -0.2) is 16.7 Å². The molecule has 0 aromatic heterocycles. The van der Waals surface area contributed by atoms with Crippen molar-refractivity contribution >= 4 is 5.69 Å². The number of aliphatic hydroxyl groups is 1. The highest BCUT2D eigenvalue weighted by Crippen LogP contribution is 2.44. The minimum Gasteiger partial charge on any atom is -0.387 e. The van der Waals surface area contributed by atoms with Gasteiger partial charge in [0, 0.05) is 0 Å². The van der Waals surface area contributed by atoms with E-state index in [1.165, 1.54) is 12.8 Å². The molecule has 0 unspecified atom stereocenters. The van der Waals surface area contributed by atoms with Crippen LogP contribution in [0.5, 0.6) is 0 Å². The quantitative estimate of drug-likeness (QED) is 0.865. The number of hydrogen-bond donors (Lipinski definition) is 2. The van der Waals surface area contributed by atoms with E-state index in [0.29, 0.717) is 11.5 Å². The highest BCUT2D eigenvalue weighted by atomic mass is 16.3. The number of nitrogens with one attached hydrogen (secondary N) is 1. The third-order valence-electron chi connectivity index (χ3n) is 5.11. The molecule has 0 amide bonds. The summed E-state index contributed by atoms with van der Waals surface area (Å²) in [5, 5.41) is 23.8. The van der Waals surface area contributed by atoms with Gasteiger partial charge >= 0.3 is 0 Å². The van der Waals surface area contributed by atoms with Crippen molar-refractivity contribution in [1.29, 1.82) is 5.26 Å². The van der Waals surface area contributed by atoms with Crippen molar-refractivity contribution in [2.45, 2.75) is 56.6 Å². The largest absolute Gasteiger partial charge is 0.387 e. The van der Waals surface area contributed by atoms with E-state index in [4.69, 9.17) is 0 Å². The van der Waals surface area contributed by atoms with E-state index in [2.05, 4.69) is 11.4 Å². The molecule has 106 valence electrons. The fourth-order valence-electron chi connectivity index (χ4n) is 4.02. The molecule has 2 aliphatic carbocycles. The number of fused-ring (bicyclic) bond motifs is 1. The molecule has 0 heterocycles. The molecule has 2 N–H and O–H groups in total. The average molecular weight is 270 g/mol. The fraction of sp³-hybridized carbons (Fsp3) is 0.588. The second-order valence-corrected chi connectivity index (χ2v) is 6.22. The first-order valence-corrected chi connectivity index (χ1v) is 7.72. The van der Waals surface area contributed by atoms with Crippen LogP contribution in [0.3, 0.4) is 0 Å². The molecular weight excluding hydrogens is 248 g/mol. The predicted molar refractivity (Wildman–Crippen MR) is 79.3 cm³/mol. The zero-order chi connectivity index (χ0) is 14.0. The molecule has 3 rings (SSSR count). The van der Waals surface area contributed by atoms with Gasteiger partial charge in [-0.05, 0) is 43.7 Å². The molecule has 2 aliphatic rings. The number of hydrogen-bond acceptors (Lipinski definition) is 3. The molecule has 1 aromatic carbocycles. The van der Waals surface area contributed by atoms with E-state index in [9.17, 15) is 10.4 Å². The number of para-hydroxylation sites is 1. The predicted octanol–water partition coefficient (Wildman–Crippen LogP) is 3.44. The molecule has 2 saturated carbocycles. The van der Waals surface area contributed by atoms with Gasteiger partial charge in [0.05, 0.1) is 22.9 Å². The number of nitrogens with zero attached hydrogens (tertiary/aromatic N) is 1. The standard InChI is InChI=1S/C17H22N2O/c18-12-13-6-1-2-9-15(13)19-16-10-5-8-14-7-3-4-11-17(14,16)20/h1-2,6,9,14,16,19-20H,3-5,7-8,10-11H2/t14-,16-,17-/m1/s1. The molecule has 0 spiro atoms. The Morgan fingerprint density at radius 2 is 1.95 bits per heavy atom. The smallest absolute Gasteiger partial charge is 0.101 e. The second-order valence-electron chi connectivity index (χ2n) is 6.22. The van der Waals surface area contributed by atoms with E-state index in [0.717, 1.165) is 37.8 Å². The average Bonchev–Trinajstić information content (AvgIpc) is 2.48. The lowest BCUT2D eigenvalue weighted by molar-refractivity contribution is -0.0835. The van der Waals surface area contributed by atoms with Crippen molar-refractivity contribution in [2.24, 2.45) is 5.92 Å². The van der Waals surface area contributed by atoms with E-state index < -0.39 is 5.60 Å². The van der Waals surface area contributed by atoms with E-state index >= 15 is 0 Å². The van der Waals surface area contributed by atoms with Crippen LogP contribution in [0.25, 0.3) is 0 Å². The molecule has 20 heavy (non-hydrogen) atoms. The van der Waals surface area contributed by atoms with Gasteiger partial charge in [0.15, 0.2) is 0 Å². The van der Waals surface area contributed by atoms with E-state index in [-0.39, 0.29) is 6.04 Å². The van der Waals surface area contributed by atoms with Gasteiger partial charge in [0.25, 0.3) is 0 Å². The Morgan fingerprint density at radius 1 is 1.15 bits per heavy atom. The molecule has 0 radical (unpaired) electrons. The Labute approximate surface area is 120 Å². The number of rotatable bonds is 2. The second kappa shape index (κ2) is 5.46. The third-order valence-corrected chi connectivity index (χ3v) is 5.11. The minimum absolute atomic E-state index is 0.0797. The highest BCUT2D eigenvalue weighted by molar-refractivity contribution is 5.58. The van der Waals surface area contributed by atoms with Gasteiger partial charge in [0.1, 0.15) is 6.07 Å². The summed E-state index contributed by atoms with van der Waals surface area (Å²) in [5.41, 5.74) is 0.938. The van der Waals surface area contributed by atoms with Crippen LogP contribution in [0.4, 0.5) is 5.69 Å². The SMILES string of the molecule is N#Cc1ccccc1N[C@@H]1CCC[C@H]2CCCC[C@@]21O. The first-order chi connectivity index (χ1) is 9.74. The number of nitriles is 1. The van der Waals surface area contributed by atoms with E-state index in [1.807, 2.05) is 24.3 Å². The molecule has 1 aromatic rings. The van der Waals surface area contributed by atoms with Gasteiger partial charge in [-0.15, -0.1) is 0 Å². The van der Waals surface area contributed by atoms with Crippen LogP contribution in [0, 0.1) is 17.2 Å². The van der Waals surface area contributed by atoms with Gasteiger partial charge in [-0.3, -0.25) is 0 Å². The maximum Gasteiger partial charge on any atom is 0.101 e. The lowest BCUT2D eigenvalue weighted by atomic mass is 9.65. The molecule has 0 saturated heterocycles. The summed E-state index contributed by atoms with van der Waals surface area (Å²) < 4.78 is 0. The molecule has 2 fully saturated rings. The lowest BCUT2D eigenvalue weighted by Crippen LogP contribution is -2.56. The van der Waals surface area contributed by atoms with Crippen LogP contribution >= 0.6 is 0 Å². The van der Waals surface area contributed by atoms with Crippen molar-refractivity contribution < 1.29 is 5.11 Å². The van der Waals surface area contributed by atoms with Crippen molar-refractivity contribution in [3.8, 4) is 6.07 Å². The molecule has 0 aliphatic heterocycles. The van der Waals surface area contributed by atoms with Gasteiger partial charge < -0.3 is 10.4 Å². The summed E-state index contributed by atoms with van der Waals surface area (Å²) in [6, 6.07) is 9.89. The van der Waals surface area contributed by atoms with Crippen molar-refractivity contribution in [2.75, 3.05) is 5.32 Å². The van der Waals surface area contributed by atoms with Crippen molar-refractivity contribution in [1.82, 2.24) is 0 Å². The summed E-state index contributed by atoms with van der Waals surface area (Å²) in [5.74, 6) is 0.428. The molecule has 3 heteroatoms. The molecule has 0 bridgehead atoms. The monoisotopic (exact) mass is 270 g/mol. The first-order valence-electron chi connectivity index (χ1n) is 7.72. The van der Waals surface area contributed by atoms with Gasteiger partial charge in [-0.2, -0.15) is 5.26 Å². The summed E-state index contributed by atoms with van der Waals surface area (Å²) in [6.45, 7) is 0. The van der Waals surface area contributed by atoms with Crippen LogP contribution in [0.2, 0.25) is 0 Å². The summed E-state index contributed by atoms with van der Waals surface area (Å²) in [4.78, 5) is 0. The highest BCUT2D eigenvalue weighted by Gasteiger charge is 2.47. The Kier molecular flexibility index (Phi) is 3.67. The van der Waals surface area contributed by atoms with Crippen molar-refractivity contribution in [3.63, 3.8) is 0 Å². The lowest BCUT2D eigenvalue weighted by Gasteiger charge is -2.49. The Hall–Kier alpha value is -1.53. The van der Waals surface area contributed by atoms with Crippen LogP contribution < -0.4 is 5.32 Å². The molecule has 3 nitrogen and oxygen atoms in total. The number of benzene rings is 1. The summed E-state index contributed by atoms with van der Waals surface area (Å²) >= 11 is 0. The van der Waals surface area contributed by atoms with Gasteiger partial charge in [0.2, 0.25) is 0 Å². The Bertz CT molecular complexity index is 520. The minimum atomic E-state index is -0.584. The summed E-state index contributed by atoms with van der Waals surface area (Å²) in [6.07, 6.45) is 7.71. The number of anilines is 1. The Morgan fingerprint density at radius 3 is 2.80 bits per heavy atom. The van der Waals surface area contributed by atoms with Crippen LogP contribution in [0.1, 0.15) is 50.5 Å². The maximum absolute atomic E-state index is 11.1. The summed E-state index contributed by atoms with van der Waals surface area (Å²) in [7, 11) is 0. The molecular formula is C17H22N2O. The van der Waals surface area contributed by atoms with Gasteiger partial charge in [-0.25, -0.2) is 0 Å². The van der Waals surface area contributed by atoms with Crippen LogP contribution in [0.15, 0.2) is 24.3 Å². The van der Waals surface area contributed by atoms with Crippen LogP contribution in [-0.2, 0) is 0 Å². The normalized spacial score (nSPS) is 33.0. The topological polar surface area (TPSA) is 56.0 Å². The first kappa shape index (κ1) is 13.5. The fourth-order valence-corrected chi connectivity index (χ4v) is 4.02. The van der Waals surface area contributed by atoms with Crippen molar-refractivity contribution in [3.05, 3.63) is 29.8 Å². The van der Waals surface area contributed by atoms with E-state index in [1.54, 1.807) is 0 Å². The van der Waals surface area contributed by atoms with Gasteiger partial charge in [-0.1, -0.05) is 31.4 Å². The third kappa shape index (κ3) is 2.29. The molecule has 3 atom stereocenters. The Balaban J connectivity index is 1.84. The zero-order valence-corrected chi connectivity index (χ0v) is 11.8. The maximum atomic E-state index is 11.1.